The second-order valence-corrected chi connectivity index (χ2v) is 4.93. The van der Waals surface area contributed by atoms with Gasteiger partial charge >= 0.3 is 17.9 Å². The van der Waals surface area contributed by atoms with Crippen LogP contribution in [0.2, 0.25) is 0 Å². The van der Waals surface area contributed by atoms with Crippen LogP contribution >= 0.6 is 0 Å². The van der Waals surface area contributed by atoms with Crippen LogP contribution < -0.4 is 0 Å². The molecule has 0 spiro atoms. The van der Waals surface area contributed by atoms with E-state index in [2.05, 4.69) is 9.80 Å². The number of esters is 1. The number of methoxy groups -OCH3 is 1. The first-order valence-corrected chi connectivity index (χ1v) is 7.62. The van der Waals surface area contributed by atoms with E-state index in [-0.39, 0.29) is 5.97 Å². The summed E-state index contributed by atoms with van der Waals surface area (Å²) in [6.07, 6.45) is 1.12. The van der Waals surface area contributed by atoms with E-state index in [1.165, 1.54) is 0 Å². The van der Waals surface area contributed by atoms with Crippen molar-refractivity contribution in [2.45, 2.75) is 6.92 Å². The average molecular weight is 346 g/mol. The Hall–Kier alpha value is -1.97. The lowest BCUT2D eigenvalue weighted by Gasteiger charge is -2.33. The molecule has 1 aliphatic rings. The molecule has 1 aliphatic heterocycles. The van der Waals surface area contributed by atoms with Gasteiger partial charge in [-0.2, -0.15) is 0 Å². The Balaban J connectivity index is 0.000000561. The quantitative estimate of drug-likeness (QED) is 0.444. The maximum Gasteiger partial charge on any atom is 0.328 e. The third-order valence-electron chi connectivity index (χ3n) is 3.10. The SMILES string of the molecule is CCOC(=O)CN1CCN(CCOC)CC1.O=C(O)/C=C\C(=O)O. The first kappa shape index (κ1) is 22.0. The van der Waals surface area contributed by atoms with Gasteiger partial charge in [-0.1, -0.05) is 0 Å². The highest BCUT2D eigenvalue weighted by Crippen LogP contribution is 2.01. The van der Waals surface area contributed by atoms with Gasteiger partial charge in [-0.25, -0.2) is 9.59 Å². The zero-order chi connectivity index (χ0) is 18.4. The predicted molar refractivity (Wildman–Crippen MR) is 85.8 cm³/mol. The Morgan fingerprint density at radius 1 is 1.00 bits per heavy atom. The number of piperazine rings is 1. The minimum Gasteiger partial charge on any atom is -0.478 e. The fraction of sp³-hybridized carbons (Fsp3) is 0.667. The number of carboxylic acid groups (broad SMARTS) is 2. The summed E-state index contributed by atoms with van der Waals surface area (Å²) in [5, 5.41) is 15.6. The minimum absolute atomic E-state index is 0.118. The van der Waals surface area contributed by atoms with E-state index in [1.54, 1.807) is 7.11 Å². The number of nitrogens with zero attached hydrogens (tertiary/aromatic N) is 2. The largest absolute Gasteiger partial charge is 0.478 e. The summed E-state index contributed by atoms with van der Waals surface area (Å²) in [4.78, 5) is 34.9. The van der Waals surface area contributed by atoms with E-state index in [0.29, 0.717) is 25.3 Å². The van der Waals surface area contributed by atoms with E-state index in [1.807, 2.05) is 6.92 Å². The molecule has 0 bridgehead atoms. The molecule has 0 aromatic rings. The molecule has 0 atom stereocenters. The van der Waals surface area contributed by atoms with Crippen molar-refractivity contribution in [1.29, 1.82) is 0 Å². The average Bonchev–Trinajstić information content (AvgIpc) is 2.53. The van der Waals surface area contributed by atoms with Crippen molar-refractivity contribution in [2.24, 2.45) is 0 Å². The number of rotatable bonds is 8. The summed E-state index contributed by atoms with van der Waals surface area (Å²) in [7, 11) is 1.72. The predicted octanol–water partition coefficient (Wildman–Crippen LogP) is -0.475. The molecule has 0 saturated carbocycles. The van der Waals surface area contributed by atoms with E-state index >= 15 is 0 Å². The fourth-order valence-electron chi connectivity index (χ4n) is 1.92. The molecule has 9 heteroatoms. The maximum atomic E-state index is 11.3. The number of hydrogen-bond donors (Lipinski definition) is 2. The first-order chi connectivity index (χ1) is 11.4. The van der Waals surface area contributed by atoms with Crippen molar-refractivity contribution in [3.63, 3.8) is 0 Å². The minimum atomic E-state index is -1.26. The van der Waals surface area contributed by atoms with Gasteiger partial charge in [0.15, 0.2) is 0 Å². The van der Waals surface area contributed by atoms with E-state index in [4.69, 9.17) is 19.7 Å². The Bertz CT molecular complexity index is 402. The van der Waals surface area contributed by atoms with Gasteiger partial charge in [0.25, 0.3) is 0 Å². The van der Waals surface area contributed by atoms with Crippen LogP contribution in [0.1, 0.15) is 6.92 Å². The van der Waals surface area contributed by atoms with Gasteiger partial charge < -0.3 is 19.7 Å². The van der Waals surface area contributed by atoms with Crippen LogP contribution in [0.4, 0.5) is 0 Å². The molecule has 1 fully saturated rings. The van der Waals surface area contributed by atoms with Crippen LogP contribution in [0, 0.1) is 0 Å². The zero-order valence-corrected chi connectivity index (χ0v) is 14.1. The van der Waals surface area contributed by atoms with Crippen molar-refractivity contribution in [3.8, 4) is 0 Å². The lowest BCUT2D eigenvalue weighted by Crippen LogP contribution is -2.48. The van der Waals surface area contributed by atoms with Gasteiger partial charge in [0.2, 0.25) is 0 Å². The Labute approximate surface area is 141 Å². The third-order valence-corrected chi connectivity index (χ3v) is 3.10. The molecule has 0 amide bonds. The molecule has 0 radical (unpaired) electrons. The molecule has 138 valence electrons. The van der Waals surface area contributed by atoms with Crippen LogP contribution in [-0.2, 0) is 23.9 Å². The van der Waals surface area contributed by atoms with Gasteiger partial charge in [0, 0.05) is 52.0 Å². The molecule has 1 heterocycles. The highest BCUT2D eigenvalue weighted by molar-refractivity contribution is 5.89. The summed E-state index contributed by atoms with van der Waals surface area (Å²) in [5.74, 6) is -2.63. The van der Waals surface area contributed by atoms with Crippen molar-refractivity contribution < 1.29 is 34.1 Å². The zero-order valence-electron chi connectivity index (χ0n) is 14.1. The number of aliphatic carboxylic acids is 2. The molecule has 0 unspecified atom stereocenters. The summed E-state index contributed by atoms with van der Waals surface area (Å²) in [6, 6.07) is 0. The molecule has 1 saturated heterocycles. The molecular weight excluding hydrogens is 320 g/mol. The standard InChI is InChI=1S/C11H22N2O3.C4H4O4/c1-3-16-11(14)10-13-6-4-12(5-7-13)8-9-15-2;5-3(6)1-2-4(7)8/h3-10H2,1-2H3;1-2H,(H,5,6)(H,7,8)/b;2-1-. The number of carboxylic acids is 2. The topological polar surface area (TPSA) is 117 Å². The van der Waals surface area contributed by atoms with Gasteiger partial charge in [0.1, 0.15) is 0 Å². The smallest absolute Gasteiger partial charge is 0.328 e. The second-order valence-electron chi connectivity index (χ2n) is 4.93. The summed E-state index contributed by atoms with van der Waals surface area (Å²) in [6.45, 7) is 8.34. The van der Waals surface area contributed by atoms with Crippen molar-refractivity contribution in [3.05, 3.63) is 12.2 Å². The fourth-order valence-corrected chi connectivity index (χ4v) is 1.92. The monoisotopic (exact) mass is 346 g/mol. The first-order valence-electron chi connectivity index (χ1n) is 7.62. The van der Waals surface area contributed by atoms with Gasteiger partial charge in [-0.3, -0.25) is 14.6 Å². The molecule has 0 aromatic carbocycles. The molecule has 0 aliphatic carbocycles. The van der Waals surface area contributed by atoms with Crippen LogP contribution in [0.5, 0.6) is 0 Å². The molecule has 2 N–H and O–H groups in total. The molecule has 9 nitrogen and oxygen atoms in total. The van der Waals surface area contributed by atoms with Crippen LogP contribution in [0.15, 0.2) is 12.2 Å². The van der Waals surface area contributed by atoms with E-state index in [0.717, 1.165) is 39.3 Å². The normalized spacial score (nSPS) is 15.6. The van der Waals surface area contributed by atoms with Crippen LogP contribution in [0.25, 0.3) is 0 Å². The lowest BCUT2D eigenvalue weighted by molar-refractivity contribution is -0.145. The summed E-state index contributed by atoms with van der Waals surface area (Å²) >= 11 is 0. The Morgan fingerprint density at radius 2 is 1.50 bits per heavy atom. The van der Waals surface area contributed by atoms with E-state index in [9.17, 15) is 14.4 Å². The Kier molecular flexibility index (Phi) is 12.4. The summed E-state index contributed by atoms with van der Waals surface area (Å²) < 4.78 is 9.96. The molecule has 1 rings (SSSR count). The number of ether oxygens (including phenoxy) is 2. The summed E-state index contributed by atoms with van der Waals surface area (Å²) in [5.41, 5.74) is 0. The maximum absolute atomic E-state index is 11.3. The highest BCUT2D eigenvalue weighted by Gasteiger charge is 2.18. The number of carbonyl (C=O) groups excluding carboxylic acids is 1. The van der Waals surface area contributed by atoms with Crippen molar-refractivity contribution >= 4 is 17.9 Å². The van der Waals surface area contributed by atoms with Crippen LogP contribution in [-0.4, -0.2) is 97.5 Å². The van der Waals surface area contributed by atoms with Gasteiger partial charge in [-0.05, 0) is 6.92 Å². The molecule has 0 aromatic heterocycles. The Morgan fingerprint density at radius 3 is 1.92 bits per heavy atom. The van der Waals surface area contributed by atoms with Gasteiger partial charge in [-0.15, -0.1) is 0 Å². The van der Waals surface area contributed by atoms with E-state index < -0.39 is 11.9 Å². The van der Waals surface area contributed by atoms with Gasteiger partial charge in [0.05, 0.1) is 19.8 Å². The van der Waals surface area contributed by atoms with Crippen LogP contribution in [0.3, 0.4) is 0 Å². The molecule has 24 heavy (non-hydrogen) atoms. The second kappa shape index (κ2) is 13.5. The number of carbonyl (C=O) groups is 3. The van der Waals surface area contributed by atoms with Crippen molar-refractivity contribution in [1.82, 2.24) is 9.80 Å². The lowest BCUT2D eigenvalue weighted by atomic mass is 10.3. The van der Waals surface area contributed by atoms with Crippen molar-refractivity contribution in [2.75, 3.05) is 59.6 Å². The third kappa shape index (κ3) is 12.6. The highest BCUT2D eigenvalue weighted by atomic mass is 16.5. The number of hydrogen-bond acceptors (Lipinski definition) is 7. The molecular formula is C15H26N2O7.